The van der Waals surface area contributed by atoms with Gasteiger partial charge in [-0.1, -0.05) is 38.0 Å². The van der Waals surface area contributed by atoms with E-state index in [1.165, 1.54) is 56.2 Å². The van der Waals surface area contributed by atoms with Gasteiger partial charge in [0, 0.05) is 74.4 Å². The molecule has 3 fully saturated rings. The predicted octanol–water partition coefficient (Wildman–Crippen LogP) is 7.25. The van der Waals surface area contributed by atoms with Gasteiger partial charge in [-0.3, -0.25) is 4.99 Å². The van der Waals surface area contributed by atoms with E-state index < -0.39 is 12.2 Å². The zero-order valence-corrected chi connectivity index (χ0v) is 38.7. The van der Waals surface area contributed by atoms with Crippen LogP contribution in [0.2, 0.25) is 0 Å². The number of hydrogen-bond donors (Lipinski definition) is 9. The Balaban J connectivity index is 0.849. The molecule has 0 radical (unpaired) electrons. The third-order valence-corrected chi connectivity index (χ3v) is 16.4. The molecule has 0 amide bonds. The Hall–Kier alpha value is -3.81. The van der Waals surface area contributed by atoms with Gasteiger partial charge >= 0.3 is 0 Å². The molecular weight excluding hydrogens is 805 g/mol. The Bertz CT molecular complexity index is 2060. The van der Waals surface area contributed by atoms with Gasteiger partial charge in [-0.25, -0.2) is 0 Å². The topological polar surface area (TPSA) is 208 Å². The lowest BCUT2D eigenvalue weighted by molar-refractivity contribution is 0.103. The van der Waals surface area contributed by atoms with Crippen LogP contribution in [-0.4, -0.2) is 76.8 Å². The number of aliphatic imine (C=N–C) groups is 1. The van der Waals surface area contributed by atoms with Crippen LogP contribution in [0, 0.1) is 40.9 Å². The van der Waals surface area contributed by atoms with Crippen LogP contribution in [-0.2, 0) is 25.9 Å². The lowest BCUT2D eigenvalue weighted by atomic mass is 9.64. The van der Waals surface area contributed by atoms with E-state index in [0.717, 1.165) is 85.9 Å². The molecule has 4 bridgehead atoms. The highest BCUT2D eigenvalue weighted by Crippen LogP contribution is 2.62. The number of fused-ring (bicyclic) bond motifs is 2. The fourth-order valence-corrected chi connectivity index (χ4v) is 13.0. The van der Waals surface area contributed by atoms with E-state index in [1.54, 1.807) is 13.1 Å². The predicted molar refractivity (Wildman–Crippen MR) is 252 cm³/mol. The molecule has 12 unspecified atom stereocenters. The van der Waals surface area contributed by atoms with Crippen molar-refractivity contribution in [1.29, 1.82) is 0 Å². The first-order valence-corrected chi connectivity index (χ1v) is 24.8. The molecule has 0 saturated heterocycles. The maximum atomic E-state index is 11.5. The first kappa shape index (κ1) is 46.7. The van der Waals surface area contributed by atoms with Crippen molar-refractivity contribution in [3.63, 3.8) is 0 Å². The molecule has 2 heterocycles. The zero-order valence-electron chi connectivity index (χ0n) is 38.7. The Morgan fingerprint density at radius 2 is 1.86 bits per heavy atom. The van der Waals surface area contributed by atoms with Crippen LogP contribution < -0.4 is 26.8 Å². The number of aromatic amines is 1. The van der Waals surface area contributed by atoms with Crippen LogP contribution in [0.5, 0.6) is 11.5 Å². The van der Waals surface area contributed by atoms with Gasteiger partial charge in [0.05, 0.1) is 12.7 Å². The first-order chi connectivity index (χ1) is 30.9. The van der Waals surface area contributed by atoms with Crippen molar-refractivity contribution < 1.29 is 29.6 Å². The highest BCUT2D eigenvalue weighted by molar-refractivity contribution is 5.77. The number of phenols is 1. The number of aryl methyl sites for hydroxylation is 3. The van der Waals surface area contributed by atoms with Crippen LogP contribution in [0.25, 0.3) is 0 Å². The largest absolute Gasteiger partial charge is 0.504 e. The summed E-state index contributed by atoms with van der Waals surface area (Å²) in [6.07, 6.45) is 19.9. The average Bonchev–Trinajstić information content (AvgIpc) is 3.99. The maximum absolute atomic E-state index is 11.5. The summed E-state index contributed by atoms with van der Waals surface area (Å²) in [5, 5.41) is 49.4. The Morgan fingerprint density at radius 1 is 1.02 bits per heavy atom. The number of phenolic OH excluding ortho intramolecular Hbond substituents is 1. The summed E-state index contributed by atoms with van der Waals surface area (Å²) in [5.41, 5.74) is 17.7. The molecule has 352 valence electrons. The summed E-state index contributed by atoms with van der Waals surface area (Å²) in [6.45, 7) is 6.24. The molecule has 11 N–H and O–H groups in total. The molecule has 6 aliphatic carbocycles. The minimum Gasteiger partial charge on any atom is -0.504 e. The zero-order chi connectivity index (χ0) is 45.0. The van der Waals surface area contributed by atoms with Gasteiger partial charge in [-0.2, -0.15) is 0 Å². The number of nitrogens with zero attached hydrogens (tertiary/aromatic N) is 1. The summed E-state index contributed by atoms with van der Waals surface area (Å²) < 4.78 is 12.6. The Kier molecular flexibility index (Phi) is 15.2. The number of nitrogens with two attached hydrogens (primary N) is 2. The highest BCUT2D eigenvalue weighted by atomic mass is 16.5. The number of furan rings is 1. The molecule has 3 saturated carbocycles. The lowest BCUT2D eigenvalue weighted by Crippen LogP contribution is -2.39. The number of aromatic hydroxyl groups is 1. The number of benzene rings is 1. The van der Waals surface area contributed by atoms with E-state index >= 15 is 0 Å². The second-order valence-corrected chi connectivity index (χ2v) is 20.8. The molecule has 0 aliphatic heterocycles. The van der Waals surface area contributed by atoms with Gasteiger partial charge in [0.15, 0.2) is 17.5 Å². The van der Waals surface area contributed by atoms with Crippen molar-refractivity contribution in [2.24, 2.45) is 57.4 Å². The van der Waals surface area contributed by atoms with Crippen molar-refractivity contribution in [3.05, 3.63) is 82.1 Å². The molecule has 1 aromatic carbocycles. The first-order valence-electron chi connectivity index (χ1n) is 24.8. The van der Waals surface area contributed by atoms with Crippen molar-refractivity contribution in [2.45, 2.75) is 147 Å². The number of allylic oxidation sites excluding steroid dienone is 2. The summed E-state index contributed by atoms with van der Waals surface area (Å²) in [7, 11) is 1.71. The van der Waals surface area contributed by atoms with Gasteiger partial charge in [0.25, 0.3) is 0 Å². The molecule has 64 heavy (non-hydrogen) atoms. The van der Waals surface area contributed by atoms with E-state index in [9.17, 15) is 20.4 Å². The number of rotatable bonds is 20. The van der Waals surface area contributed by atoms with E-state index in [1.807, 2.05) is 25.1 Å². The molecular formula is C52H78N6O6. The summed E-state index contributed by atoms with van der Waals surface area (Å²) in [4.78, 5) is 7.66. The third kappa shape index (κ3) is 10.6. The fraction of sp³-hybridized carbons (Fsp3) is 0.673. The van der Waals surface area contributed by atoms with Crippen molar-refractivity contribution in [2.75, 3.05) is 33.3 Å². The highest BCUT2D eigenvalue weighted by Gasteiger charge is 2.53. The van der Waals surface area contributed by atoms with Crippen LogP contribution >= 0.6 is 0 Å². The molecule has 6 aliphatic rings. The fourth-order valence-electron chi connectivity index (χ4n) is 13.0. The van der Waals surface area contributed by atoms with Crippen LogP contribution in [0.1, 0.15) is 148 Å². The molecule has 12 heteroatoms. The number of H-pyrrole nitrogens is 1. The molecule has 9 rings (SSSR count). The van der Waals surface area contributed by atoms with E-state index in [2.05, 4.69) is 45.8 Å². The summed E-state index contributed by atoms with van der Waals surface area (Å²) in [6, 6.07) is 9.87. The van der Waals surface area contributed by atoms with Gasteiger partial charge < -0.3 is 56.7 Å². The number of aliphatic hydroxyl groups excluding tert-OH is 3. The van der Waals surface area contributed by atoms with Gasteiger partial charge in [-0.15, -0.1) is 0 Å². The number of ether oxygens (including phenoxy) is 1. The van der Waals surface area contributed by atoms with Gasteiger partial charge in [0.2, 0.25) is 0 Å². The normalized spacial score (nSPS) is 30.0. The number of hydrogen-bond acceptors (Lipinski definition) is 9. The number of aromatic nitrogens is 1. The van der Waals surface area contributed by atoms with E-state index in [-0.39, 0.29) is 30.3 Å². The van der Waals surface area contributed by atoms with E-state index in [0.29, 0.717) is 72.6 Å². The van der Waals surface area contributed by atoms with Crippen molar-refractivity contribution in [1.82, 2.24) is 15.6 Å². The Morgan fingerprint density at radius 3 is 2.67 bits per heavy atom. The monoisotopic (exact) mass is 883 g/mol. The molecule has 12 nitrogen and oxygen atoms in total. The van der Waals surface area contributed by atoms with E-state index in [4.69, 9.17) is 20.6 Å². The minimum absolute atomic E-state index is 0.00500. The van der Waals surface area contributed by atoms with Crippen molar-refractivity contribution >= 4 is 5.96 Å². The maximum Gasteiger partial charge on any atom is 0.188 e. The van der Waals surface area contributed by atoms with Crippen LogP contribution in [0.15, 0.2) is 51.9 Å². The van der Waals surface area contributed by atoms with Crippen molar-refractivity contribution in [3.8, 4) is 11.5 Å². The summed E-state index contributed by atoms with van der Waals surface area (Å²) >= 11 is 0. The van der Waals surface area contributed by atoms with Crippen LogP contribution in [0.4, 0.5) is 0 Å². The second kappa shape index (κ2) is 20.8. The number of nitrogens with one attached hydrogen (secondary N) is 3. The molecule has 1 spiro atoms. The molecule has 2 aromatic heterocycles. The Labute approximate surface area is 381 Å². The molecule has 3 aromatic rings. The van der Waals surface area contributed by atoms with Crippen LogP contribution in [0.3, 0.4) is 0 Å². The number of aliphatic hydroxyl groups is 3. The standard InChI is InChI=1S/C52H78N6O6/c1-31(26-57-51(54)55-3)6-13-42-35-11-7-33(19-37(42)23-40(53)22-35)10-15-48-38(29-59)24-41(64-48)12-8-34-9-14-46(61)49(20-34)63-30-47(62)45-25-43-44(28-56-27-32(2)60)52-17-4-5-39(52)21-36(16-18-52)50(43)58-45/h9,14,16,18,20,24-25,31-33,35-37,39-40,42,44,47,56,58-62H,4-8,10-13,15,17,19,21-23,26-30,53H2,1-3H3,(H3,54,55,57). The van der Waals surface area contributed by atoms with Gasteiger partial charge in [0.1, 0.15) is 24.2 Å². The number of guanidine groups is 1. The molecule has 12 atom stereocenters. The summed E-state index contributed by atoms with van der Waals surface area (Å²) in [5.74, 6) is 7.06. The smallest absolute Gasteiger partial charge is 0.188 e. The minimum atomic E-state index is -0.904. The second-order valence-electron chi connectivity index (χ2n) is 20.8. The third-order valence-electron chi connectivity index (χ3n) is 16.4. The average molecular weight is 883 g/mol. The van der Waals surface area contributed by atoms with Gasteiger partial charge in [-0.05, 0) is 154 Å². The quantitative estimate of drug-likeness (QED) is 0.0316. The lowest BCUT2D eigenvalue weighted by Gasteiger charge is -2.41. The SMILES string of the molecule is CN=C(N)NCC(C)CCC1C2CCC(CCc3oc(CCc4ccc(O)c(OCC(O)c5cc6c([nH]5)C5C=CC7(CCCC7C5)C6CNCC(C)O)c4)cc3CO)CC1CC(N)C2.